The summed E-state index contributed by atoms with van der Waals surface area (Å²) in [7, 11) is -4.48. The zero-order valence-electron chi connectivity index (χ0n) is 22.8. The van der Waals surface area contributed by atoms with E-state index in [-0.39, 0.29) is 11.4 Å². The standard InChI is InChI=1S/C31H36BNO4S/c1-24-16-18-27(19-17-24)38(34,35)33-23-31(22-25-12-8-6-9-13-25,32-36-29(2,3)30(4,5)37-32)21-20-28(33)26-14-10-7-11-15-26/h6-21,28H,22-23H2,1-5H3. The van der Waals surface area contributed by atoms with E-state index in [4.69, 9.17) is 9.31 Å². The lowest BCUT2D eigenvalue weighted by Crippen LogP contribution is -2.50. The highest BCUT2D eigenvalue weighted by Crippen LogP contribution is 2.52. The van der Waals surface area contributed by atoms with Crippen molar-refractivity contribution in [2.75, 3.05) is 6.54 Å². The molecule has 198 valence electrons. The molecule has 0 aromatic heterocycles. The molecule has 0 radical (unpaired) electrons. The van der Waals surface area contributed by atoms with Gasteiger partial charge in [-0.05, 0) is 64.3 Å². The Labute approximate surface area is 227 Å². The Kier molecular flexibility index (Phi) is 6.93. The minimum atomic E-state index is -3.86. The first-order chi connectivity index (χ1) is 17.9. The quantitative estimate of drug-likeness (QED) is 0.275. The van der Waals surface area contributed by atoms with Gasteiger partial charge in [-0.25, -0.2) is 8.42 Å². The molecule has 2 aliphatic rings. The van der Waals surface area contributed by atoms with Crippen molar-refractivity contribution in [2.45, 2.75) is 68.5 Å². The molecule has 2 unspecified atom stereocenters. The maximum atomic E-state index is 14.3. The van der Waals surface area contributed by atoms with Gasteiger partial charge in [0.05, 0.1) is 22.1 Å². The van der Waals surface area contributed by atoms with Crippen LogP contribution in [0.4, 0.5) is 0 Å². The summed E-state index contributed by atoms with van der Waals surface area (Å²) >= 11 is 0. The lowest BCUT2D eigenvalue weighted by atomic mass is 9.53. The Morgan fingerprint density at radius 3 is 1.97 bits per heavy atom. The molecule has 3 aromatic carbocycles. The largest absolute Gasteiger partial charge is 0.470 e. The molecular formula is C31H36BNO4S. The second kappa shape index (κ2) is 9.80. The number of hydrogen-bond donors (Lipinski definition) is 0. The highest BCUT2D eigenvalue weighted by atomic mass is 32.2. The van der Waals surface area contributed by atoms with E-state index in [9.17, 15) is 8.42 Å². The summed E-state index contributed by atoms with van der Waals surface area (Å²) in [4.78, 5) is 0.280. The summed E-state index contributed by atoms with van der Waals surface area (Å²) in [5.41, 5.74) is 1.93. The van der Waals surface area contributed by atoms with Crippen molar-refractivity contribution in [2.24, 2.45) is 0 Å². The molecule has 5 rings (SSSR count). The first-order valence-corrected chi connectivity index (χ1v) is 14.6. The molecule has 0 saturated carbocycles. The van der Waals surface area contributed by atoms with Crippen LogP contribution in [-0.4, -0.2) is 37.6 Å². The molecule has 1 fully saturated rings. The molecule has 0 aliphatic carbocycles. The molecule has 3 aromatic rings. The van der Waals surface area contributed by atoms with Gasteiger partial charge in [0, 0.05) is 11.9 Å². The summed E-state index contributed by atoms with van der Waals surface area (Å²) in [6.45, 7) is 10.3. The number of aryl methyl sites for hydroxylation is 1. The van der Waals surface area contributed by atoms with Gasteiger partial charge in [-0.2, -0.15) is 4.31 Å². The number of rotatable bonds is 6. The lowest BCUT2D eigenvalue weighted by molar-refractivity contribution is 0.00578. The third-order valence-electron chi connectivity index (χ3n) is 8.24. The van der Waals surface area contributed by atoms with Gasteiger partial charge in [0.1, 0.15) is 0 Å². The highest BCUT2D eigenvalue weighted by molar-refractivity contribution is 7.89. The summed E-state index contributed by atoms with van der Waals surface area (Å²) in [6, 6.07) is 26.6. The summed E-state index contributed by atoms with van der Waals surface area (Å²) in [5.74, 6) is 0. The normalized spacial score (nSPS) is 25.0. The Morgan fingerprint density at radius 2 is 1.39 bits per heavy atom. The average molecular weight is 530 g/mol. The average Bonchev–Trinajstić information content (AvgIpc) is 3.12. The van der Waals surface area contributed by atoms with Crippen molar-refractivity contribution in [3.63, 3.8) is 0 Å². The monoisotopic (exact) mass is 529 g/mol. The fraction of sp³-hybridized carbons (Fsp3) is 0.355. The van der Waals surface area contributed by atoms with Crippen LogP contribution in [0.3, 0.4) is 0 Å². The highest BCUT2D eigenvalue weighted by Gasteiger charge is 2.60. The molecule has 38 heavy (non-hydrogen) atoms. The van der Waals surface area contributed by atoms with Gasteiger partial charge in [0.25, 0.3) is 0 Å². The van der Waals surface area contributed by atoms with Crippen LogP contribution in [0.2, 0.25) is 5.31 Å². The molecular weight excluding hydrogens is 493 g/mol. The van der Waals surface area contributed by atoms with Crippen molar-refractivity contribution in [1.29, 1.82) is 0 Å². The van der Waals surface area contributed by atoms with Gasteiger partial charge in [-0.1, -0.05) is 90.5 Å². The molecule has 5 nitrogen and oxygen atoms in total. The van der Waals surface area contributed by atoms with E-state index < -0.39 is 39.7 Å². The molecule has 0 spiro atoms. The minimum Gasteiger partial charge on any atom is -0.403 e. The molecule has 2 heterocycles. The number of benzene rings is 3. The Hall–Kier alpha value is -2.71. The predicted molar refractivity (Wildman–Crippen MR) is 152 cm³/mol. The fourth-order valence-electron chi connectivity index (χ4n) is 5.23. The maximum Gasteiger partial charge on any atom is 0.470 e. The molecule has 7 heteroatoms. The molecule has 1 saturated heterocycles. The molecule has 2 aliphatic heterocycles. The van der Waals surface area contributed by atoms with Crippen LogP contribution in [0.15, 0.2) is 102 Å². The maximum absolute atomic E-state index is 14.3. The van der Waals surface area contributed by atoms with Crippen molar-refractivity contribution in [1.82, 2.24) is 4.31 Å². The molecule has 0 bridgehead atoms. The molecule has 0 N–H and O–H groups in total. The summed E-state index contributed by atoms with van der Waals surface area (Å²) in [5, 5.41) is -0.741. The van der Waals surface area contributed by atoms with Crippen molar-refractivity contribution in [3.05, 3.63) is 114 Å². The Balaban J connectivity index is 1.65. The SMILES string of the molecule is Cc1ccc(S(=O)(=O)N2CC(Cc3ccccc3)(B3OC(C)(C)C(C)(C)O3)C=CC2c2ccccc2)cc1. The number of nitrogens with zero attached hydrogens (tertiary/aromatic N) is 1. The third kappa shape index (κ3) is 4.89. The van der Waals surface area contributed by atoms with Crippen LogP contribution in [0.1, 0.15) is 50.4 Å². The third-order valence-corrected chi connectivity index (χ3v) is 10.1. The van der Waals surface area contributed by atoms with Crippen LogP contribution < -0.4 is 0 Å². The van der Waals surface area contributed by atoms with E-state index in [0.29, 0.717) is 6.42 Å². The smallest absolute Gasteiger partial charge is 0.403 e. The van der Waals surface area contributed by atoms with Crippen molar-refractivity contribution >= 4 is 17.1 Å². The minimum absolute atomic E-state index is 0.213. The first kappa shape index (κ1) is 26.9. The Morgan fingerprint density at radius 1 is 0.842 bits per heavy atom. The van der Waals surface area contributed by atoms with Gasteiger partial charge >= 0.3 is 7.12 Å². The van der Waals surface area contributed by atoms with E-state index in [2.05, 4.69) is 18.2 Å². The Bertz CT molecular complexity index is 1390. The van der Waals surface area contributed by atoms with Gasteiger partial charge < -0.3 is 9.31 Å². The fourth-order valence-corrected chi connectivity index (χ4v) is 6.88. The zero-order chi connectivity index (χ0) is 27.2. The van der Waals surface area contributed by atoms with Crippen LogP contribution in [0.25, 0.3) is 0 Å². The van der Waals surface area contributed by atoms with Crippen molar-refractivity contribution < 1.29 is 17.7 Å². The summed E-state index contributed by atoms with van der Waals surface area (Å²) in [6.07, 6.45) is 4.72. The van der Waals surface area contributed by atoms with E-state index in [1.807, 2.05) is 101 Å². The van der Waals surface area contributed by atoms with Crippen LogP contribution in [0.5, 0.6) is 0 Å². The predicted octanol–water partition coefficient (Wildman–Crippen LogP) is 6.37. The number of sulfonamides is 1. The van der Waals surface area contributed by atoms with Gasteiger partial charge in [0.2, 0.25) is 10.0 Å². The summed E-state index contributed by atoms with van der Waals surface area (Å²) < 4.78 is 43.4. The molecule has 2 atom stereocenters. The topological polar surface area (TPSA) is 55.8 Å². The molecule has 0 amide bonds. The van der Waals surface area contributed by atoms with E-state index in [1.54, 1.807) is 16.4 Å². The van der Waals surface area contributed by atoms with E-state index in [1.165, 1.54) is 0 Å². The number of hydrogen-bond acceptors (Lipinski definition) is 4. The van der Waals surface area contributed by atoms with Crippen LogP contribution >= 0.6 is 0 Å². The second-order valence-electron chi connectivity index (χ2n) is 11.6. The zero-order valence-corrected chi connectivity index (χ0v) is 23.6. The van der Waals surface area contributed by atoms with Crippen molar-refractivity contribution in [3.8, 4) is 0 Å². The van der Waals surface area contributed by atoms with Gasteiger partial charge in [-0.15, -0.1) is 0 Å². The van der Waals surface area contributed by atoms with E-state index in [0.717, 1.165) is 16.7 Å². The van der Waals surface area contributed by atoms with Crippen LogP contribution in [0, 0.1) is 6.92 Å². The lowest BCUT2D eigenvalue weighted by Gasteiger charge is -2.43. The second-order valence-corrected chi connectivity index (χ2v) is 13.5. The van der Waals surface area contributed by atoms with E-state index >= 15 is 0 Å². The first-order valence-electron chi connectivity index (χ1n) is 13.2. The van der Waals surface area contributed by atoms with Gasteiger partial charge in [0.15, 0.2) is 0 Å². The van der Waals surface area contributed by atoms with Gasteiger partial charge in [-0.3, -0.25) is 0 Å². The van der Waals surface area contributed by atoms with Crippen LogP contribution in [-0.2, 0) is 25.8 Å².